The van der Waals surface area contributed by atoms with Gasteiger partial charge in [-0.25, -0.2) is 4.79 Å². The number of benzene rings is 1. The molecule has 0 bridgehead atoms. The molecule has 0 aliphatic rings. The van der Waals surface area contributed by atoms with Crippen LogP contribution < -0.4 is 10.6 Å². The van der Waals surface area contributed by atoms with E-state index in [0.29, 0.717) is 19.4 Å². The summed E-state index contributed by atoms with van der Waals surface area (Å²) in [4.78, 5) is 11.6. The van der Waals surface area contributed by atoms with E-state index in [0.717, 1.165) is 10.0 Å². The summed E-state index contributed by atoms with van der Waals surface area (Å²) in [7, 11) is 0. The van der Waals surface area contributed by atoms with E-state index in [2.05, 4.69) is 26.6 Å². The average Bonchev–Trinajstić information content (AvgIpc) is 2.42. The van der Waals surface area contributed by atoms with Crippen molar-refractivity contribution >= 4 is 22.0 Å². The molecule has 1 aromatic carbocycles. The Hall–Kier alpha value is -1.07. The van der Waals surface area contributed by atoms with Crippen LogP contribution in [-0.4, -0.2) is 23.3 Å². The van der Waals surface area contributed by atoms with Crippen LogP contribution in [0, 0.1) is 0 Å². The summed E-state index contributed by atoms with van der Waals surface area (Å²) in [5.74, 6) is 0. The predicted octanol–water partition coefficient (Wildman–Crippen LogP) is 2.80. The summed E-state index contributed by atoms with van der Waals surface area (Å²) in [5, 5.41) is 15.5. The largest absolute Gasteiger partial charge is 0.388 e. The maximum absolute atomic E-state index is 11.6. The highest BCUT2D eigenvalue weighted by molar-refractivity contribution is 9.10. The van der Waals surface area contributed by atoms with Gasteiger partial charge in [0.25, 0.3) is 0 Å². The first kappa shape index (κ1) is 16.0. The number of aliphatic hydroxyl groups is 1. The van der Waals surface area contributed by atoms with Crippen LogP contribution in [0.5, 0.6) is 0 Å². The van der Waals surface area contributed by atoms with Crippen molar-refractivity contribution in [2.45, 2.75) is 38.8 Å². The molecule has 0 aliphatic carbocycles. The molecule has 0 saturated heterocycles. The molecular formula is C14H21BrN2O2. The van der Waals surface area contributed by atoms with Crippen LogP contribution in [-0.2, 0) is 6.54 Å². The lowest BCUT2D eigenvalue weighted by Crippen LogP contribution is -2.45. The van der Waals surface area contributed by atoms with E-state index < -0.39 is 5.60 Å². The smallest absolute Gasteiger partial charge is 0.315 e. The van der Waals surface area contributed by atoms with Crippen LogP contribution >= 0.6 is 15.9 Å². The van der Waals surface area contributed by atoms with Gasteiger partial charge in [-0.15, -0.1) is 0 Å². The van der Waals surface area contributed by atoms with Crippen LogP contribution in [0.15, 0.2) is 28.7 Å². The Morgan fingerprint density at radius 3 is 2.58 bits per heavy atom. The Kier molecular flexibility index (Phi) is 6.31. The molecule has 0 aromatic heterocycles. The fraction of sp³-hybridized carbons (Fsp3) is 0.500. The van der Waals surface area contributed by atoms with E-state index in [1.54, 1.807) is 0 Å². The van der Waals surface area contributed by atoms with Crippen molar-refractivity contribution in [1.29, 1.82) is 0 Å². The first-order chi connectivity index (χ1) is 8.99. The van der Waals surface area contributed by atoms with Crippen molar-refractivity contribution in [3.8, 4) is 0 Å². The Labute approximate surface area is 122 Å². The van der Waals surface area contributed by atoms with Gasteiger partial charge >= 0.3 is 6.03 Å². The molecule has 0 saturated carbocycles. The van der Waals surface area contributed by atoms with Crippen molar-refractivity contribution in [1.82, 2.24) is 10.6 Å². The van der Waals surface area contributed by atoms with Gasteiger partial charge in [0.15, 0.2) is 0 Å². The van der Waals surface area contributed by atoms with Crippen molar-refractivity contribution in [2.75, 3.05) is 6.54 Å². The van der Waals surface area contributed by atoms with Gasteiger partial charge in [-0.2, -0.15) is 0 Å². The van der Waals surface area contributed by atoms with Gasteiger partial charge in [0, 0.05) is 17.6 Å². The maximum Gasteiger partial charge on any atom is 0.315 e. The lowest BCUT2D eigenvalue weighted by molar-refractivity contribution is 0.0349. The average molecular weight is 329 g/mol. The second kappa shape index (κ2) is 7.50. The number of rotatable bonds is 6. The summed E-state index contributed by atoms with van der Waals surface area (Å²) < 4.78 is 0.985. The highest BCUT2D eigenvalue weighted by Gasteiger charge is 2.22. The first-order valence-electron chi connectivity index (χ1n) is 6.47. The van der Waals surface area contributed by atoms with Gasteiger partial charge in [0.05, 0.1) is 5.60 Å². The van der Waals surface area contributed by atoms with Crippen LogP contribution in [0.4, 0.5) is 4.79 Å². The molecule has 0 radical (unpaired) electrons. The first-order valence-corrected chi connectivity index (χ1v) is 7.27. The van der Waals surface area contributed by atoms with E-state index in [4.69, 9.17) is 0 Å². The fourth-order valence-electron chi connectivity index (χ4n) is 1.64. The topological polar surface area (TPSA) is 61.4 Å². The number of hydrogen-bond acceptors (Lipinski definition) is 2. The van der Waals surface area contributed by atoms with Gasteiger partial charge < -0.3 is 15.7 Å². The second-order valence-corrected chi connectivity index (χ2v) is 5.51. The summed E-state index contributed by atoms with van der Waals surface area (Å²) in [5.41, 5.74) is 0.207. The molecule has 1 rings (SSSR count). The molecule has 0 unspecified atom stereocenters. The molecule has 0 heterocycles. The molecule has 0 atom stereocenters. The van der Waals surface area contributed by atoms with Crippen molar-refractivity contribution in [3.05, 3.63) is 34.3 Å². The Morgan fingerprint density at radius 1 is 1.32 bits per heavy atom. The molecule has 0 spiro atoms. The van der Waals surface area contributed by atoms with Crippen molar-refractivity contribution < 1.29 is 9.90 Å². The highest BCUT2D eigenvalue weighted by atomic mass is 79.9. The summed E-state index contributed by atoms with van der Waals surface area (Å²) in [6, 6.07) is 7.49. The number of nitrogens with one attached hydrogen (secondary N) is 2. The van der Waals surface area contributed by atoms with Gasteiger partial charge in [0.1, 0.15) is 0 Å². The molecule has 5 heteroatoms. The second-order valence-electron chi connectivity index (χ2n) is 4.60. The third kappa shape index (κ3) is 5.61. The summed E-state index contributed by atoms with van der Waals surface area (Å²) >= 11 is 3.38. The highest BCUT2D eigenvalue weighted by Crippen LogP contribution is 2.13. The minimum atomic E-state index is -0.812. The molecule has 106 valence electrons. The zero-order valence-corrected chi connectivity index (χ0v) is 13.0. The third-order valence-electron chi connectivity index (χ3n) is 3.24. The number of hydrogen-bond donors (Lipinski definition) is 3. The Balaban J connectivity index is 2.36. The van der Waals surface area contributed by atoms with Crippen LogP contribution in [0.1, 0.15) is 32.3 Å². The minimum absolute atomic E-state index is 0.264. The monoisotopic (exact) mass is 328 g/mol. The van der Waals surface area contributed by atoms with Crippen LogP contribution in [0.25, 0.3) is 0 Å². The number of carbonyl (C=O) groups excluding carboxylic acids is 1. The zero-order valence-electron chi connectivity index (χ0n) is 11.4. The molecule has 2 amide bonds. The summed E-state index contributed by atoms with van der Waals surface area (Å²) in [6.45, 7) is 4.54. The normalized spacial score (nSPS) is 11.2. The predicted molar refractivity (Wildman–Crippen MR) is 79.9 cm³/mol. The zero-order chi connectivity index (χ0) is 14.3. The fourth-order valence-corrected chi connectivity index (χ4v) is 2.08. The van der Waals surface area contributed by atoms with E-state index in [1.807, 2.05) is 38.1 Å². The molecular weight excluding hydrogens is 308 g/mol. The number of halogens is 1. The van der Waals surface area contributed by atoms with E-state index in [1.165, 1.54) is 0 Å². The lowest BCUT2D eigenvalue weighted by Gasteiger charge is -2.25. The SMILES string of the molecule is CCC(O)(CC)CNC(=O)NCc1cccc(Br)c1. The van der Waals surface area contributed by atoms with Crippen LogP contribution in [0.3, 0.4) is 0 Å². The standard InChI is InChI=1S/C14H21BrN2O2/c1-3-14(19,4-2)10-17-13(18)16-9-11-6-5-7-12(15)8-11/h5-8,19H,3-4,9-10H2,1-2H3,(H2,16,17,18). The van der Waals surface area contributed by atoms with Gasteiger partial charge in [-0.1, -0.05) is 41.9 Å². The van der Waals surface area contributed by atoms with Gasteiger partial charge in [0.2, 0.25) is 0 Å². The number of amides is 2. The quantitative estimate of drug-likeness (QED) is 0.752. The molecule has 1 aromatic rings. The summed E-state index contributed by atoms with van der Waals surface area (Å²) in [6.07, 6.45) is 1.24. The Bertz CT molecular complexity index is 420. The van der Waals surface area contributed by atoms with E-state index >= 15 is 0 Å². The Morgan fingerprint density at radius 2 is 2.00 bits per heavy atom. The van der Waals surface area contributed by atoms with E-state index in [9.17, 15) is 9.90 Å². The number of urea groups is 1. The van der Waals surface area contributed by atoms with E-state index in [-0.39, 0.29) is 12.6 Å². The van der Waals surface area contributed by atoms with Gasteiger partial charge in [-0.3, -0.25) is 0 Å². The van der Waals surface area contributed by atoms with Gasteiger partial charge in [-0.05, 0) is 30.5 Å². The van der Waals surface area contributed by atoms with Crippen molar-refractivity contribution in [2.24, 2.45) is 0 Å². The maximum atomic E-state index is 11.6. The van der Waals surface area contributed by atoms with Crippen LogP contribution in [0.2, 0.25) is 0 Å². The molecule has 0 aliphatic heterocycles. The lowest BCUT2D eigenvalue weighted by atomic mass is 9.98. The molecule has 0 fully saturated rings. The number of carbonyl (C=O) groups is 1. The molecule has 3 N–H and O–H groups in total. The minimum Gasteiger partial charge on any atom is -0.388 e. The third-order valence-corrected chi connectivity index (χ3v) is 3.73. The molecule has 4 nitrogen and oxygen atoms in total. The molecule has 19 heavy (non-hydrogen) atoms. The van der Waals surface area contributed by atoms with Crippen molar-refractivity contribution in [3.63, 3.8) is 0 Å².